The first-order valence-corrected chi connectivity index (χ1v) is 15.9. The summed E-state index contributed by atoms with van der Waals surface area (Å²) in [5, 5.41) is 1.91. The van der Waals surface area contributed by atoms with Crippen LogP contribution in [0.5, 0.6) is 0 Å². The highest BCUT2D eigenvalue weighted by Crippen LogP contribution is 2.45. The van der Waals surface area contributed by atoms with Gasteiger partial charge in [-0.2, -0.15) is 5.06 Å². The largest absolute Gasteiger partial charge is 0.465 e. The second-order valence-electron chi connectivity index (χ2n) is 12.8. The number of esters is 2. The smallest absolute Gasteiger partial charge is 0.337 e. The lowest BCUT2D eigenvalue weighted by molar-refractivity contribution is -0.315. The Morgan fingerprint density at radius 1 is 1.00 bits per heavy atom. The lowest BCUT2D eigenvalue weighted by Gasteiger charge is -2.56. The van der Waals surface area contributed by atoms with Gasteiger partial charge in [0.2, 0.25) is 0 Å². The minimum absolute atomic E-state index is 0.0646. The summed E-state index contributed by atoms with van der Waals surface area (Å²) in [6.07, 6.45) is 2.95. The predicted octanol–water partition coefficient (Wildman–Crippen LogP) is 6.18. The van der Waals surface area contributed by atoms with E-state index in [4.69, 9.17) is 14.3 Å². The van der Waals surface area contributed by atoms with Crippen LogP contribution >= 0.6 is 0 Å². The van der Waals surface area contributed by atoms with Crippen LogP contribution in [-0.4, -0.2) is 78.7 Å². The maximum absolute atomic E-state index is 13.7. The first-order valence-electron chi connectivity index (χ1n) is 15.9. The normalized spacial score (nSPS) is 25.2. The monoisotopic (exact) mass is 588 g/mol. The van der Waals surface area contributed by atoms with Crippen molar-refractivity contribution in [2.24, 2.45) is 11.8 Å². The lowest BCUT2D eigenvalue weighted by Crippen LogP contribution is -2.67. The summed E-state index contributed by atoms with van der Waals surface area (Å²) in [6.45, 7) is 15.3. The molecule has 0 radical (unpaired) electrons. The summed E-state index contributed by atoms with van der Waals surface area (Å²) >= 11 is 0. The quantitative estimate of drug-likeness (QED) is 0.158. The average molecular weight is 589 g/mol. The van der Waals surface area contributed by atoms with E-state index in [-0.39, 0.29) is 36.6 Å². The fourth-order valence-corrected chi connectivity index (χ4v) is 5.76. The number of carbonyl (C=O) groups excluding carboxylic acids is 3. The molecule has 238 valence electrons. The topological polar surface area (TPSA) is 85.4 Å². The Morgan fingerprint density at radius 2 is 1.64 bits per heavy atom. The highest BCUT2D eigenvalue weighted by molar-refractivity contribution is 5.84. The van der Waals surface area contributed by atoms with E-state index in [0.717, 1.165) is 18.4 Å². The van der Waals surface area contributed by atoms with E-state index in [9.17, 15) is 14.4 Å². The molecule has 1 fully saturated rings. The van der Waals surface area contributed by atoms with Crippen LogP contribution in [0, 0.1) is 11.8 Å². The molecule has 0 bridgehead atoms. The van der Waals surface area contributed by atoms with Crippen molar-refractivity contribution in [3.05, 3.63) is 35.9 Å². The fourth-order valence-electron chi connectivity index (χ4n) is 5.76. The molecule has 6 unspecified atom stereocenters. The number of nitrogens with zero attached hydrogens (tertiary/aromatic N) is 2. The number of ether oxygens (including phenoxy) is 2. The molecular weight excluding hydrogens is 532 g/mol. The molecule has 8 heteroatoms. The number of hydrogen-bond donors (Lipinski definition) is 0. The molecule has 0 saturated carbocycles. The number of hydrogen-bond acceptors (Lipinski definition) is 8. The molecule has 1 aliphatic rings. The Hall–Kier alpha value is -2.29. The van der Waals surface area contributed by atoms with Crippen LogP contribution in [0.25, 0.3) is 0 Å². The number of rotatable bonds is 17. The molecule has 42 heavy (non-hydrogen) atoms. The van der Waals surface area contributed by atoms with Crippen molar-refractivity contribution in [2.75, 3.05) is 33.9 Å². The van der Waals surface area contributed by atoms with Crippen LogP contribution in [0.15, 0.2) is 30.3 Å². The first kappa shape index (κ1) is 35.9. The predicted molar refractivity (Wildman–Crippen MR) is 166 cm³/mol. The molecule has 1 heterocycles. The molecule has 0 aliphatic carbocycles. The number of Topliss-reactive ketones (excluding diaryl/α,β-unsaturated/α-hetero) is 1. The van der Waals surface area contributed by atoms with Crippen molar-refractivity contribution in [1.29, 1.82) is 0 Å². The number of ketones is 1. The standard InChI is InChI=1S/C34H56N2O6/c1-10-13-20-40-31(38)28(22-25(4)27-17-15-14-16-18-27)23-30(32(39)41-21-19-35(8)9)42-36-33(6,11-2)24-29(37)26(5)34(36,7)12-3/h14-18,25-26,28,30H,10-13,19-24H2,1-9H3. The second-order valence-corrected chi connectivity index (χ2v) is 12.8. The Bertz CT molecular complexity index is 1000. The second kappa shape index (κ2) is 16.5. The van der Waals surface area contributed by atoms with Crippen LogP contribution in [0.3, 0.4) is 0 Å². The average Bonchev–Trinajstić information content (AvgIpc) is 2.97. The Labute approximate surface area is 254 Å². The fraction of sp³-hybridized carbons (Fsp3) is 0.735. The number of carbonyl (C=O) groups is 3. The summed E-state index contributed by atoms with van der Waals surface area (Å²) in [4.78, 5) is 49.0. The van der Waals surface area contributed by atoms with Crippen LogP contribution in [0.4, 0.5) is 0 Å². The van der Waals surface area contributed by atoms with Crippen LogP contribution < -0.4 is 0 Å². The third-order valence-corrected chi connectivity index (χ3v) is 9.26. The number of hydroxylamine groups is 2. The molecule has 1 aromatic rings. The summed E-state index contributed by atoms with van der Waals surface area (Å²) in [5.74, 6) is -1.41. The molecule has 8 nitrogen and oxygen atoms in total. The van der Waals surface area contributed by atoms with Crippen molar-refractivity contribution >= 4 is 17.7 Å². The number of benzene rings is 1. The van der Waals surface area contributed by atoms with Crippen LogP contribution in [0.2, 0.25) is 0 Å². The van der Waals surface area contributed by atoms with Crippen molar-refractivity contribution < 1.29 is 28.7 Å². The number of piperidine rings is 1. The number of unbranched alkanes of at least 4 members (excludes halogenated alkanes) is 1. The van der Waals surface area contributed by atoms with E-state index in [1.54, 1.807) is 0 Å². The van der Waals surface area contributed by atoms with Crippen molar-refractivity contribution in [2.45, 2.75) is 117 Å². The molecule has 1 aromatic carbocycles. The van der Waals surface area contributed by atoms with Gasteiger partial charge in [0.1, 0.15) is 12.4 Å². The zero-order valence-electron chi connectivity index (χ0n) is 27.6. The Kier molecular flexibility index (Phi) is 14.1. The van der Waals surface area contributed by atoms with Crippen molar-refractivity contribution in [1.82, 2.24) is 9.96 Å². The molecule has 1 aliphatic heterocycles. The lowest BCUT2D eigenvalue weighted by atomic mass is 9.70. The van der Waals surface area contributed by atoms with Gasteiger partial charge in [-0.25, -0.2) is 4.79 Å². The van der Waals surface area contributed by atoms with E-state index in [2.05, 4.69) is 26.0 Å². The van der Waals surface area contributed by atoms with Gasteiger partial charge in [-0.3, -0.25) is 14.4 Å². The zero-order chi connectivity index (χ0) is 31.5. The third-order valence-electron chi connectivity index (χ3n) is 9.26. The van der Waals surface area contributed by atoms with Gasteiger partial charge in [0.15, 0.2) is 6.10 Å². The van der Waals surface area contributed by atoms with Gasteiger partial charge in [0, 0.05) is 18.9 Å². The highest BCUT2D eigenvalue weighted by atomic mass is 16.7. The molecule has 0 amide bonds. The highest BCUT2D eigenvalue weighted by Gasteiger charge is 2.55. The van der Waals surface area contributed by atoms with E-state index >= 15 is 0 Å². The molecule has 1 saturated heterocycles. The van der Waals surface area contributed by atoms with Gasteiger partial charge in [-0.05, 0) is 71.5 Å². The molecule has 0 spiro atoms. The Balaban J connectivity index is 2.46. The summed E-state index contributed by atoms with van der Waals surface area (Å²) in [7, 11) is 3.83. The zero-order valence-corrected chi connectivity index (χ0v) is 27.6. The van der Waals surface area contributed by atoms with Gasteiger partial charge >= 0.3 is 11.9 Å². The van der Waals surface area contributed by atoms with Crippen molar-refractivity contribution in [3.63, 3.8) is 0 Å². The Morgan fingerprint density at radius 3 is 2.21 bits per heavy atom. The molecular formula is C34H56N2O6. The molecule has 0 aromatic heterocycles. The molecule has 2 rings (SSSR count). The maximum atomic E-state index is 13.7. The van der Waals surface area contributed by atoms with Crippen molar-refractivity contribution in [3.8, 4) is 0 Å². The van der Waals surface area contributed by atoms with E-state index in [1.165, 1.54) is 0 Å². The van der Waals surface area contributed by atoms with E-state index < -0.39 is 29.1 Å². The van der Waals surface area contributed by atoms with Gasteiger partial charge in [-0.15, -0.1) is 0 Å². The summed E-state index contributed by atoms with van der Waals surface area (Å²) < 4.78 is 11.4. The number of likely N-dealkylation sites (N-methyl/N-ethyl adjacent to an activating group) is 1. The first-order chi connectivity index (χ1) is 19.8. The van der Waals surface area contributed by atoms with Gasteiger partial charge < -0.3 is 14.4 Å². The van der Waals surface area contributed by atoms with E-state index in [1.807, 2.05) is 76.9 Å². The SMILES string of the molecule is CCCCOC(=O)C(CC(ON1C(C)(CC)CC(=O)C(C)C1(C)CC)C(=O)OCCN(C)C)CC(C)c1ccccc1. The van der Waals surface area contributed by atoms with Gasteiger partial charge in [-0.1, -0.05) is 71.4 Å². The summed E-state index contributed by atoms with van der Waals surface area (Å²) in [6, 6.07) is 10.1. The summed E-state index contributed by atoms with van der Waals surface area (Å²) in [5.41, 5.74) is -0.114. The van der Waals surface area contributed by atoms with E-state index in [0.29, 0.717) is 38.8 Å². The minimum atomic E-state index is -1.03. The third kappa shape index (κ3) is 9.35. The maximum Gasteiger partial charge on any atom is 0.337 e. The molecule has 6 atom stereocenters. The minimum Gasteiger partial charge on any atom is -0.465 e. The molecule has 0 N–H and O–H groups in total. The van der Waals surface area contributed by atoms with Crippen LogP contribution in [-0.2, 0) is 28.7 Å². The van der Waals surface area contributed by atoms with Gasteiger partial charge in [0.05, 0.1) is 23.6 Å². The van der Waals surface area contributed by atoms with Gasteiger partial charge in [0.25, 0.3) is 0 Å². The van der Waals surface area contributed by atoms with Crippen LogP contribution in [0.1, 0.15) is 105 Å².